The van der Waals surface area contributed by atoms with Gasteiger partial charge in [-0.3, -0.25) is 4.79 Å². The zero-order valence-electron chi connectivity index (χ0n) is 40.1. The Balaban J connectivity index is 1.01. The van der Waals surface area contributed by atoms with Gasteiger partial charge in [0.2, 0.25) is 0 Å². The molecule has 0 aromatic heterocycles. The van der Waals surface area contributed by atoms with E-state index < -0.39 is 167 Å². The molecule has 4 heterocycles. The Labute approximate surface area is 419 Å². The fourth-order valence-corrected chi connectivity index (χ4v) is 10.3. The van der Waals surface area contributed by atoms with Gasteiger partial charge in [-0.15, -0.1) is 0 Å². The van der Waals surface area contributed by atoms with E-state index in [1.807, 2.05) is 0 Å². The number of Topliss-reactive ketones (excluding diaryl/α,β-unsaturated/α-hetero) is 1. The van der Waals surface area contributed by atoms with Crippen molar-refractivity contribution in [1.82, 2.24) is 5.32 Å². The molecule has 0 saturated carbocycles. The van der Waals surface area contributed by atoms with E-state index in [-0.39, 0.29) is 36.4 Å². The highest BCUT2D eigenvalue weighted by Crippen LogP contribution is 2.35. The first-order valence-electron chi connectivity index (χ1n) is 24.5. The predicted molar refractivity (Wildman–Crippen MR) is 247 cm³/mol. The maximum atomic E-state index is 13.7. The number of carbonyl (C=O) groups is 1. The van der Waals surface area contributed by atoms with Crippen molar-refractivity contribution >= 4 is 5.78 Å². The van der Waals surface area contributed by atoms with Crippen LogP contribution in [0.15, 0.2) is 54.1 Å². The van der Waals surface area contributed by atoms with Crippen molar-refractivity contribution in [3.63, 3.8) is 0 Å². The number of aryl methyl sites for hydroxylation is 1. The van der Waals surface area contributed by atoms with Crippen LogP contribution in [0.25, 0.3) is 0 Å². The lowest BCUT2D eigenvalue weighted by molar-refractivity contribution is -0.367. The van der Waals surface area contributed by atoms with E-state index in [2.05, 4.69) is 5.32 Å². The Morgan fingerprint density at radius 3 is 1.74 bits per heavy atom. The number of carbonyl (C=O) groups excluding carboxylic acids is 1. The van der Waals surface area contributed by atoms with Gasteiger partial charge in [0.05, 0.1) is 50.2 Å². The van der Waals surface area contributed by atoms with E-state index in [0.717, 1.165) is 5.56 Å². The maximum Gasteiger partial charge on any atom is 0.187 e. The summed E-state index contributed by atoms with van der Waals surface area (Å²) in [5.41, 5.74) is 2.18. The summed E-state index contributed by atoms with van der Waals surface area (Å²) in [6, 6.07) is 8.94. The molecule has 24 heteroatoms. The average Bonchev–Trinajstić information content (AvgIpc) is 3.38. The van der Waals surface area contributed by atoms with E-state index in [9.17, 15) is 86.5 Å². The van der Waals surface area contributed by atoms with Crippen molar-refractivity contribution in [2.75, 3.05) is 19.8 Å². The Kier molecular flexibility index (Phi) is 19.6. The van der Waals surface area contributed by atoms with E-state index in [0.29, 0.717) is 29.5 Å². The zero-order chi connectivity index (χ0) is 53.2. The largest absolute Gasteiger partial charge is 0.508 e. The summed E-state index contributed by atoms with van der Waals surface area (Å²) in [7, 11) is 0. The summed E-state index contributed by atoms with van der Waals surface area (Å²) in [5, 5.41) is 174. The van der Waals surface area contributed by atoms with Gasteiger partial charge in [-0.1, -0.05) is 43.3 Å². The minimum Gasteiger partial charge on any atom is -0.508 e. The molecule has 0 amide bonds. The summed E-state index contributed by atoms with van der Waals surface area (Å²) in [5.74, 6) is -0.261. The second kappa shape index (κ2) is 24.8. The zero-order valence-corrected chi connectivity index (χ0v) is 40.1. The van der Waals surface area contributed by atoms with Crippen LogP contribution in [0.3, 0.4) is 0 Å². The number of aliphatic hydroxyl groups excluding tert-OH is 15. The molecule has 1 aliphatic carbocycles. The van der Waals surface area contributed by atoms with E-state index in [1.54, 1.807) is 31.2 Å². The fourth-order valence-electron chi connectivity index (χ4n) is 10.3. The SMILES string of the molecule is CCC1=CC(NC2C(C)OC(OC3C(CO)OC(OC4C(CO)OC(Cc5ccc(C(=O)CCc6ccc(O)cc6)c(CC6OC(CO)C(O)C(O)C6O)c5)C(O)C4O)C(O)C3O)C(O)C2O)C(O)C(O)C1O. The first-order valence-corrected chi connectivity index (χ1v) is 24.5. The number of benzene rings is 2. The molecule has 4 fully saturated rings. The molecule has 4 aliphatic heterocycles. The Morgan fingerprint density at radius 2 is 1.11 bits per heavy atom. The fraction of sp³-hybridized carbons (Fsp3) is 0.694. The summed E-state index contributed by atoms with van der Waals surface area (Å²) in [6.07, 6.45) is -32.8. The molecular weight excluding hydrogens is 971 g/mol. The van der Waals surface area contributed by atoms with Crippen LogP contribution >= 0.6 is 0 Å². The predicted octanol–water partition coefficient (Wildman–Crippen LogP) is -5.95. The number of ketones is 1. The maximum absolute atomic E-state index is 13.7. The second-order valence-corrected chi connectivity index (χ2v) is 19.6. The highest BCUT2D eigenvalue weighted by molar-refractivity contribution is 5.97. The van der Waals surface area contributed by atoms with Gasteiger partial charge in [0.15, 0.2) is 18.4 Å². The molecule has 24 nitrogen and oxygen atoms in total. The average molecular weight is 1040 g/mol. The topological polar surface area (TPSA) is 408 Å². The molecule has 24 unspecified atom stereocenters. The molecule has 0 bridgehead atoms. The molecule has 410 valence electrons. The van der Waals surface area contributed by atoms with Crippen LogP contribution in [0, 0.1) is 0 Å². The van der Waals surface area contributed by atoms with Crippen LogP contribution in [0.5, 0.6) is 5.75 Å². The highest BCUT2D eigenvalue weighted by atomic mass is 16.7. The number of phenols is 1. The summed E-state index contributed by atoms with van der Waals surface area (Å²) in [4.78, 5) is 13.7. The third-order valence-corrected chi connectivity index (χ3v) is 14.7. The van der Waals surface area contributed by atoms with Crippen molar-refractivity contribution in [2.24, 2.45) is 0 Å². The van der Waals surface area contributed by atoms with E-state index in [4.69, 9.17) is 28.4 Å². The van der Waals surface area contributed by atoms with Crippen molar-refractivity contribution in [1.29, 1.82) is 0 Å². The second-order valence-electron chi connectivity index (χ2n) is 19.6. The van der Waals surface area contributed by atoms with Crippen LogP contribution in [-0.4, -0.2) is 254 Å². The summed E-state index contributed by atoms with van der Waals surface area (Å²) >= 11 is 0. The van der Waals surface area contributed by atoms with Crippen LogP contribution < -0.4 is 5.32 Å². The number of ether oxygens (including phenoxy) is 6. The van der Waals surface area contributed by atoms with E-state index >= 15 is 0 Å². The Morgan fingerprint density at radius 1 is 0.575 bits per heavy atom. The smallest absolute Gasteiger partial charge is 0.187 e. The standard InChI is InChI=1S/C49H71NO23/c1-3-22-14-26(35(57)40(62)34(22)56)50-33-19(2)68-48(44(66)39(33)61)72-47-32(18-53)71-49(45(67)43(47)65)73-46-31(17-52)70-28(37(59)42(46)64)13-21-6-10-25(27(55)11-7-20-4-8-24(54)9-5-20)23(12-21)15-29-36(58)41(63)38(60)30(16-51)69-29/h4-6,8-10,12,14,19,26,28-54,56-67H,3,7,11,13,15-18H2,1-2H3. The molecule has 7 rings (SSSR count). The Bertz CT molecular complexity index is 2130. The first-order chi connectivity index (χ1) is 34.7. The molecule has 0 radical (unpaired) electrons. The third kappa shape index (κ3) is 12.5. The van der Waals surface area contributed by atoms with Gasteiger partial charge in [0, 0.05) is 24.8 Å². The normalized spacial score (nSPS) is 42.3. The monoisotopic (exact) mass is 1040 g/mol. The van der Waals surface area contributed by atoms with Crippen molar-refractivity contribution < 1.29 is 115 Å². The van der Waals surface area contributed by atoms with Crippen LogP contribution in [-0.2, 0) is 47.7 Å². The number of aliphatic hydroxyl groups is 15. The van der Waals surface area contributed by atoms with Crippen molar-refractivity contribution in [3.8, 4) is 5.75 Å². The lowest BCUT2D eigenvalue weighted by atomic mass is 9.85. The molecule has 2 aromatic rings. The molecule has 2 aromatic carbocycles. The first kappa shape index (κ1) is 57.5. The third-order valence-electron chi connectivity index (χ3n) is 14.7. The number of aromatic hydroxyl groups is 1. The Hall–Kier alpha value is -3.23. The van der Waals surface area contributed by atoms with Gasteiger partial charge >= 0.3 is 0 Å². The van der Waals surface area contributed by atoms with Crippen LogP contribution in [0.4, 0.5) is 0 Å². The van der Waals surface area contributed by atoms with Crippen LogP contribution in [0.1, 0.15) is 53.7 Å². The van der Waals surface area contributed by atoms with Gasteiger partial charge in [-0.2, -0.15) is 0 Å². The lowest BCUT2D eigenvalue weighted by Gasteiger charge is -2.49. The molecule has 73 heavy (non-hydrogen) atoms. The van der Waals surface area contributed by atoms with Crippen molar-refractivity contribution in [2.45, 2.75) is 193 Å². The molecule has 4 saturated heterocycles. The number of hydrogen-bond acceptors (Lipinski definition) is 24. The quantitative estimate of drug-likeness (QED) is 0.0488. The van der Waals surface area contributed by atoms with Gasteiger partial charge in [-0.25, -0.2) is 0 Å². The highest BCUT2D eigenvalue weighted by Gasteiger charge is 2.54. The summed E-state index contributed by atoms with van der Waals surface area (Å²) < 4.78 is 35.2. The van der Waals surface area contributed by atoms with Gasteiger partial charge < -0.3 is 115 Å². The molecule has 24 atom stereocenters. The lowest BCUT2D eigenvalue weighted by Crippen LogP contribution is -2.68. The minimum atomic E-state index is -2.01. The molecule has 0 spiro atoms. The number of phenolic OH excluding ortho intramolecular Hbond substituents is 1. The summed E-state index contributed by atoms with van der Waals surface area (Å²) in [6.45, 7) is 0.882. The number of hydrogen-bond donors (Lipinski definition) is 17. The van der Waals surface area contributed by atoms with Gasteiger partial charge in [0.1, 0.15) is 110 Å². The molecule has 17 N–H and O–H groups in total. The van der Waals surface area contributed by atoms with E-state index in [1.165, 1.54) is 31.2 Å². The number of nitrogens with one attached hydrogen (secondary N) is 1. The van der Waals surface area contributed by atoms with Crippen molar-refractivity contribution in [3.05, 3.63) is 76.4 Å². The molecular formula is C49H71NO23. The molecule has 5 aliphatic rings. The minimum absolute atomic E-state index is 0.0258. The van der Waals surface area contributed by atoms with Gasteiger partial charge in [-0.05, 0) is 54.2 Å². The van der Waals surface area contributed by atoms with Gasteiger partial charge in [0.25, 0.3) is 0 Å². The number of rotatable bonds is 18. The van der Waals surface area contributed by atoms with Crippen LogP contribution in [0.2, 0.25) is 0 Å².